The van der Waals surface area contributed by atoms with E-state index in [2.05, 4.69) is 4.98 Å². The number of ether oxygens (including phenoxy) is 1. The van der Waals surface area contributed by atoms with Gasteiger partial charge in [0, 0.05) is 6.20 Å². The Balaban J connectivity index is 3.02. The van der Waals surface area contributed by atoms with Gasteiger partial charge in [0.05, 0.1) is 7.11 Å². The molecule has 0 bridgehead atoms. The smallest absolute Gasteiger partial charge is 0.256 e. The van der Waals surface area contributed by atoms with E-state index in [9.17, 15) is 5.11 Å². The lowest BCUT2D eigenvalue weighted by molar-refractivity contribution is 0.358. The molecule has 0 amide bonds. The molecule has 1 N–H and O–H groups in total. The molecule has 0 aliphatic heterocycles. The van der Waals surface area contributed by atoms with E-state index in [1.807, 2.05) is 13.8 Å². The van der Waals surface area contributed by atoms with Crippen molar-refractivity contribution in [2.24, 2.45) is 0 Å². The SMILES string of the molecule is COc1ncc(C(C)C)cc1O. The third-order valence-corrected chi connectivity index (χ3v) is 1.71. The van der Waals surface area contributed by atoms with Gasteiger partial charge in [-0.3, -0.25) is 0 Å². The maximum Gasteiger partial charge on any atom is 0.256 e. The Hall–Kier alpha value is -1.25. The highest BCUT2D eigenvalue weighted by Gasteiger charge is 2.05. The van der Waals surface area contributed by atoms with Crippen molar-refractivity contribution in [2.45, 2.75) is 19.8 Å². The fraction of sp³-hybridized carbons (Fsp3) is 0.444. The van der Waals surface area contributed by atoms with E-state index < -0.39 is 0 Å². The van der Waals surface area contributed by atoms with E-state index in [1.54, 1.807) is 12.3 Å². The standard InChI is InChI=1S/C9H13NO2/c1-6(2)7-4-8(11)9(12-3)10-5-7/h4-6,11H,1-3H3. The Bertz CT molecular complexity index is 271. The largest absolute Gasteiger partial charge is 0.503 e. The van der Waals surface area contributed by atoms with Gasteiger partial charge in [-0.05, 0) is 17.5 Å². The summed E-state index contributed by atoms with van der Waals surface area (Å²) >= 11 is 0. The van der Waals surface area contributed by atoms with E-state index in [1.165, 1.54) is 7.11 Å². The van der Waals surface area contributed by atoms with Gasteiger partial charge in [0.25, 0.3) is 5.88 Å². The lowest BCUT2D eigenvalue weighted by atomic mass is 10.1. The topological polar surface area (TPSA) is 42.4 Å². The van der Waals surface area contributed by atoms with Gasteiger partial charge in [0.15, 0.2) is 5.75 Å². The Labute approximate surface area is 72.0 Å². The van der Waals surface area contributed by atoms with E-state index in [-0.39, 0.29) is 11.6 Å². The summed E-state index contributed by atoms with van der Waals surface area (Å²) in [6.07, 6.45) is 1.71. The summed E-state index contributed by atoms with van der Waals surface area (Å²) in [5, 5.41) is 9.35. The van der Waals surface area contributed by atoms with Crippen molar-refractivity contribution in [1.29, 1.82) is 0 Å². The summed E-state index contributed by atoms with van der Waals surface area (Å²) in [6.45, 7) is 4.09. The molecule has 0 spiro atoms. The zero-order chi connectivity index (χ0) is 9.14. The highest BCUT2D eigenvalue weighted by molar-refractivity contribution is 5.35. The first-order chi connectivity index (χ1) is 5.65. The first kappa shape index (κ1) is 8.84. The Kier molecular flexibility index (Phi) is 2.53. The molecule has 66 valence electrons. The zero-order valence-corrected chi connectivity index (χ0v) is 7.53. The van der Waals surface area contributed by atoms with Crippen LogP contribution in [0.5, 0.6) is 11.6 Å². The number of aromatic hydroxyl groups is 1. The summed E-state index contributed by atoms with van der Waals surface area (Å²) in [5.41, 5.74) is 1.01. The van der Waals surface area contributed by atoms with Crippen LogP contribution in [0.4, 0.5) is 0 Å². The minimum absolute atomic E-state index is 0.101. The van der Waals surface area contributed by atoms with Crippen LogP contribution in [0.15, 0.2) is 12.3 Å². The number of nitrogens with zero attached hydrogens (tertiary/aromatic N) is 1. The van der Waals surface area contributed by atoms with Crippen molar-refractivity contribution < 1.29 is 9.84 Å². The maximum absolute atomic E-state index is 9.35. The average molecular weight is 167 g/mol. The number of aromatic nitrogens is 1. The number of hydrogen-bond donors (Lipinski definition) is 1. The third-order valence-electron chi connectivity index (χ3n) is 1.71. The second-order valence-electron chi connectivity index (χ2n) is 2.95. The summed E-state index contributed by atoms with van der Waals surface area (Å²) in [7, 11) is 1.48. The number of hydrogen-bond acceptors (Lipinski definition) is 3. The molecule has 0 aromatic carbocycles. The van der Waals surface area contributed by atoms with E-state index in [0.29, 0.717) is 5.92 Å². The number of methoxy groups -OCH3 is 1. The average Bonchev–Trinajstić information content (AvgIpc) is 2.04. The quantitative estimate of drug-likeness (QED) is 0.731. The summed E-state index contributed by atoms with van der Waals surface area (Å²) < 4.78 is 4.82. The molecule has 1 aromatic rings. The minimum atomic E-state index is 0.101. The van der Waals surface area contributed by atoms with Crippen LogP contribution in [-0.2, 0) is 0 Å². The molecular weight excluding hydrogens is 154 g/mol. The molecular formula is C9H13NO2. The van der Waals surface area contributed by atoms with Crippen LogP contribution >= 0.6 is 0 Å². The van der Waals surface area contributed by atoms with Gasteiger partial charge in [-0.1, -0.05) is 13.8 Å². The van der Waals surface area contributed by atoms with Crippen molar-refractivity contribution in [2.75, 3.05) is 7.11 Å². The summed E-state index contributed by atoms with van der Waals surface area (Å²) in [5.74, 6) is 0.748. The Morgan fingerprint density at radius 3 is 2.58 bits per heavy atom. The van der Waals surface area contributed by atoms with Gasteiger partial charge < -0.3 is 9.84 Å². The molecule has 1 heterocycles. The zero-order valence-electron chi connectivity index (χ0n) is 7.53. The van der Waals surface area contributed by atoms with Crippen LogP contribution in [0, 0.1) is 0 Å². The molecule has 0 radical (unpaired) electrons. The van der Waals surface area contributed by atoms with Crippen molar-refractivity contribution in [1.82, 2.24) is 4.98 Å². The fourth-order valence-corrected chi connectivity index (χ4v) is 0.929. The van der Waals surface area contributed by atoms with Crippen molar-refractivity contribution in [3.63, 3.8) is 0 Å². The van der Waals surface area contributed by atoms with Crippen LogP contribution in [0.25, 0.3) is 0 Å². The van der Waals surface area contributed by atoms with Crippen LogP contribution in [0.1, 0.15) is 25.3 Å². The van der Waals surface area contributed by atoms with Crippen LogP contribution in [0.3, 0.4) is 0 Å². The molecule has 1 aromatic heterocycles. The normalized spacial score (nSPS) is 10.3. The Morgan fingerprint density at radius 1 is 1.50 bits per heavy atom. The summed E-state index contributed by atoms with van der Waals surface area (Å²) in [4.78, 5) is 3.95. The predicted molar refractivity (Wildman–Crippen MR) is 46.5 cm³/mol. The second kappa shape index (κ2) is 3.43. The molecule has 0 atom stereocenters. The molecule has 0 fully saturated rings. The van der Waals surface area contributed by atoms with Crippen LogP contribution in [0.2, 0.25) is 0 Å². The first-order valence-electron chi connectivity index (χ1n) is 3.88. The third kappa shape index (κ3) is 1.67. The molecule has 3 heteroatoms. The highest BCUT2D eigenvalue weighted by atomic mass is 16.5. The monoisotopic (exact) mass is 167 g/mol. The summed E-state index contributed by atoms with van der Waals surface area (Å²) in [6, 6.07) is 1.68. The fourth-order valence-electron chi connectivity index (χ4n) is 0.929. The maximum atomic E-state index is 9.35. The molecule has 1 rings (SSSR count). The second-order valence-corrected chi connectivity index (χ2v) is 2.95. The predicted octanol–water partition coefficient (Wildman–Crippen LogP) is 1.92. The van der Waals surface area contributed by atoms with Crippen molar-refractivity contribution in [3.05, 3.63) is 17.8 Å². The number of rotatable bonds is 2. The van der Waals surface area contributed by atoms with E-state index in [0.717, 1.165) is 5.56 Å². The lowest BCUT2D eigenvalue weighted by Crippen LogP contribution is -1.92. The van der Waals surface area contributed by atoms with Gasteiger partial charge in [-0.15, -0.1) is 0 Å². The molecule has 3 nitrogen and oxygen atoms in total. The molecule has 0 aliphatic rings. The molecule has 0 unspecified atom stereocenters. The molecule has 0 aliphatic carbocycles. The lowest BCUT2D eigenvalue weighted by Gasteiger charge is -2.06. The van der Waals surface area contributed by atoms with Crippen molar-refractivity contribution in [3.8, 4) is 11.6 Å². The van der Waals surface area contributed by atoms with E-state index >= 15 is 0 Å². The van der Waals surface area contributed by atoms with Gasteiger partial charge in [0.1, 0.15) is 0 Å². The van der Waals surface area contributed by atoms with E-state index in [4.69, 9.17) is 4.74 Å². The first-order valence-corrected chi connectivity index (χ1v) is 3.88. The van der Waals surface area contributed by atoms with Gasteiger partial charge >= 0.3 is 0 Å². The highest BCUT2D eigenvalue weighted by Crippen LogP contribution is 2.26. The van der Waals surface area contributed by atoms with Crippen LogP contribution in [-0.4, -0.2) is 17.2 Å². The molecule has 0 saturated carbocycles. The van der Waals surface area contributed by atoms with Crippen LogP contribution < -0.4 is 4.74 Å². The minimum Gasteiger partial charge on any atom is -0.503 e. The molecule has 0 saturated heterocycles. The number of pyridine rings is 1. The van der Waals surface area contributed by atoms with Gasteiger partial charge in [0.2, 0.25) is 0 Å². The molecule has 12 heavy (non-hydrogen) atoms. The van der Waals surface area contributed by atoms with Crippen molar-refractivity contribution >= 4 is 0 Å². The van der Waals surface area contributed by atoms with Gasteiger partial charge in [-0.2, -0.15) is 0 Å². The van der Waals surface area contributed by atoms with Gasteiger partial charge in [-0.25, -0.2) is 4.98 Å². The Morgan fingerprint density at radius 2 is 2.17 bits per heavy atom.